The highest BCUT2D eigenvalue weighted by Crippen LogP contribution is 2.31. The number of aliphatic hydroxyl groups is 1. The SMILES string of the molecule is CCCCCCCCCCCCC[C@H](O)O[P+](=S)OC(CC(=O)O)C[N+](C)(C)C. The minimum absolute atomic E-state index is 0.122. The zero-order valence-electron chi connectivity index (χ0n) is 19.0. The lowest BCUT2D eigenvalue weighted by Crippen LogP contribution is -2.42. The predicted octanol–water partition coefficient (Wildman–Crippen LogP) is 5.36. The maximum Gasteiger partial charge on any atom is 0.524 e. The molecule has 2 N–H and O–H groups in total. The van der Waals surface area contributed by atoms with Crippen LogP contribution < -0.4 is 0 Å². The molecule has 0 aromatic carbocycles. The van der Waals surface area contributed by atoms with Gasteiger partial charge in [0.1, 0.15) is 6.54 Å². The highest BCUT2D eigenvalue weighted by atomic mass is 32.4. The van der Waals surface area contributed by atoms with E-state index in [4.69, 9.17) is 26.0 Å². The number of carboxylic acid groups (broad SMARTS) is 1. The summed E-state index contributed by atoms with van der Waals surface area (Å²) in [6.07, 6.45) is 12.7. The summed E-state index contributed by atoms with van der Waals surface area (Å²) in [6.45, 7) is 2.76. The molecule has 0 aromatic rings. The molecule has 0 aliphatic heterocycles. The summed E-state index contributed by atoms with van der Waals surface area (Å²) in [5.74, 6) is -0.927. The smallest absolute Gasteiger partial charge is 0.481 e. The molecule has 0 heterocycles. The molecule has 0 amide bonds. The Labute approximate surface area is 184 Å². The van der Waals surface area contributed by atoms with Crippen LogP contribution in [0.3, 0.4) is 0 Å². The quantitative estimate of drug-likeness (QED) is 0.112. The van der Waals surface area contributed by atoms with Gasteiger partial charge < -0.3 is 14.7 Å². The summed E-state index contributed by atoms with van der Waals surface area (Å²) in [5.41, 5.74) is 0. The van der Waals surface area contributed by atoms with E-state index < -0.39 is 25.5 Å². The first-order valence-corrected chi connectivity index (χ1v) is 13.3. The number of aliphatic carboxylic acids is 1. The second kappa shape index (κ2) is 17.5. The third kappa shape index (κ3) is 20.9. The topological polar surface area (TPSA) is 76.0 Å². The molecular formula is C21H44NO5PS+2. The van der Waals surface area contributed by atoms with Crippen molar-refractivity contribution in [2.24, 2.45) is 0 Å². The fourth-order valence-corrected chi connectivity index (χ4v) is 4.62. The number of carboxylic acids is 1. The molecule has 0 radical (unpaired) electrons. The highest BCUT2D eigenvalue weighted by molar-refractivity contribution is 8.00. The third-order valence-electron chi connectivity index (χ3n) is 4.65. The molecule has 0 saturated carbocycles. The van der Waals surface area contributed by atoms with Crippen LogP contribution in [-0.2, 0) is 25.6 Å². The van der Waals surface area contributed by atoms with Gasteiger partial charge in [0.2, 0.25) is 18.1 Å². The van der Waals surface area contributed by atoms with Gasteiger partial charge in [0.05, 0.1) is 27.6 Å². The number of rotatable bonds is 20. The summed E-state index contributed by atoms with van der Waals surface area (Å²) in [4.78, 5) is 11.0. The van der Waals surface area contributed by atoms with Gasteiger partial charge in [-0.3, -0.25) is 4.79 Å². The molecule has 3 atom stereocenters. The van der Waals surface area contributed by atoms with Crippen LogP contribution in [-0.4, -0.2) is 60.7 Å². The monoisotopic (exact) mass is 453 g/mol. The van der Waals surface area contributed by atoms with Crippen LogP contribution in [0.1, 0.15) is 90.4 Å². The molecule has 0 aliphatic carbocycles. The molecular weight excluding hydrogens is 409 g/mol. The van der Waals surface area contributed by atoms with Crippen LogP contribution in [0.2, 0.25) is 0 Å². The van der Waals surface area contributed by atoms with Crippen molar-refractivity contribution in [1.29, 1.82) is 0 Å². The van der Waals surface area contributed by atoms with Crippen molar-refractivity contribution < 1.29 is 28.5 Å². The van der Waals surface area contributed by atoms with Gasteiger partial charge in [0.25, 0.3) is 0 Å². The fraction of sp³-hybridized carbons (Fsp3) is 0.952. The zero-order valence-corrected chi connectivity index (χ0v) is 20.7. The van der Waals surface area contributed by atoms with Gasteiger partial charge in [-0.15, -0.1) is 9.05 Å². The van der Waals surface area contributed by atoms with Crippen molar-refractivity contribution in [3.63, 3.8) is 0 Å². The largest absolute Gasteiger partial charge is 0.524 e. The standard InChI is InChI=1S/C21H43NO5PS/c1-5-6-7-8-9-10-11-12-13-14-15-16-21(25)27-28(29)26-19(17-20(23)24)18-22(2,3)4/h19,21,25H,5-18H2,1-4H3/q+1/p+1/t19?,21-/m1/s1. The Kier molecular flexibility index (Phi) is 17.4. The summed E-state index contributed by atoms with van der Waals surface area (Å²) in [5, 5.41) is 19.1. The van der Waals surface area contributed by atoms with E-state index in [1.165, 1.54) is 57.8 Å². The van der Waals surface area contributed by atoms with Gasteiger partial charge in [-0.05, 0) is 6.42 Å². The van der Waals surface area contributed by atoms with Gasteiger partial charge in [-0.2, -0.15) is 0 Å². The number of unbranched alkanes of at least 4 members (excludes halogenated alkanes) is 10. The average molecular weight is 454 g/mol. The van der Waals surface area contributed by atoms with Crippen LogP contribution in [0.4, 0.5) is 0 Å². The Bertz CT molecular complexity index is 445. The van der Waals surface area contributed by atoms with Gasteiger partial charge in [0.15, 0.2) is 6.10 Å². The average Bonchev–Trinajstić information content (AvgIpc) is 2.57. The fourth-order valence-electron chi connectivity index (χ4n) is 3.22. The lowest BCUT2D eigenvalue weighted by molar-refractivity contribution is -0.873. The zero-order chi connectivity index (χ0) is 22.1. The number of hydrogen-bond donors (Lipinski definition) is 2. The highest BCUT2D eigenvalue weighted by Gasteiger charge is 2.31. The lowest BCUT2D eigenvalue weighted by Gasteiger charge is -2.26. The van der Waals surface area contributed by atoms with Crippen LogP contribution in [0, 0.1) is 0 Å². The molecule has 0 saturated heterocycles. The molecule has 6 nitrogen and oxygen atoms in total. The third-order valence-corrected chi connectivity index (χ3v) is 6.05. The predicted molar refractivity (Wildman–Crippen MR) is 122 cm³/mol. The Morgan fingerprint density at radius 1 is 0.931 bits per heavy atom. The molecule has 2 unspecified atom stereocenters. The number of likely N-dealkylation sites (N-methyl/N-ethyl adjacent to an activating group) is 1. The number of aliphatic hydroxyl groups excluding tert-OH is 1. The van der Waals surface area contributed by atoms with E-state index in [1.54, 1.807) is 0 Å². The first-order chi connectivity index (χ1) is 13.6. The Morgan fingerprint density at radius 3 is 1.86 bits per heavy atom. The maximum absolute atomic E-state index is 11.0. The molecule has 0 fully saturated rings. The van der Waals surface area contributed by atoms with Crippen LogP contribution in [0.5, 0.6) is 0 Å². The summed E-state index contributed by atoms with van der Waals surface area (Å²) in [6, 6.07) is 0. The number of hydrogen-bond acceptors (Lipinski definition) is 5. The second-order valence-electron chi connectivity index (χ2n) is 8.91. The van der Waals surface area contributed by atoms with E-state index in [2.05, 4.69) is 6.92 Å². The molecule has 0 spiro atoms. The van der Waals surface area contributed by atoms with Crippen molar-refractivity contribution >= 4 is 24.9 Å². The van der Waals surface area contributed by atoms with Crippen molar-refractivity contribution in [1.82, 2.24) is 0 Å². The van der Waals surface area contributed by atoms with E-state index in [1.807, 2.05) is 21.1 Å². The first-order valence-electron chi connectivity index (χ1n) is 11.1. The Morgan fingerprint density at radius 2 is 1.41 bits per heavy atom. The van der Waals surface area contributed by atoms with Crippen molar-refractivity contribution in [3.05, 3.63) is 0 Å². The Balaban J connectivity index is 3.82. The minimum Gasteiger partial charge on any atom is -0.481 e. The van der Waals surface area contributed by atoms with E-state index >= 15 is 0 Å². The normalized spacial score (nSPS) is 14.6. The van der Waals surface area contributed by atoms with E-state index in [-0.39, 0.29) is 6.42 Å². The van der Waals surface area contributed by atoms with Crippen LogP contribution in [0.25, 0.3) is 0 Å². The van der Waals surface area contributed by atoms with Crippen LogP contribution in [0.15, 0.2) is 0 Å². The first kappa shape index (κ1) is 28.8. The van der Waals surface area contributed by atoms with Gasteiger partial charge >= 0.3 is 13.1 Å². The number of nitrogens with zero attached hydrogens (tertiary/aromatic N) is 1. The molecule has 0 aliphatic rings. The van der Waals surface area contributed by atoms with Crippen molar-refractivity contribution in [2.45, 2.75) is 103 Å². The van der Waals surface area contributed by atoms with Crippen LogP contribution >= 0.6 is 7.15 Å². The molecule has 0 aromatic heterocycles. The van der Waals surface area contributed by atoms with Gasteiger partial charge in [0, 0.05) is 6.42 Å². The number of carbonyl (C=O) groups is 1. The van der Waals surface area contributed by atoms with E-state index in [0.717, 1.165) is 12.8 Å². The minimum atomic E-state index is -1.72. The second-order valence-corrected chi connectivity index (χ2v) is 10.7. The molecule has 8 heteroatoms. The molecule has 0 bridgehead atoms. The Hall–Kier alpha value is -0.170. The van der Waals surface area contributed by atoms with Crippen molar-refractivity contribution in [3.8, 4) is 0 Å². The van der Waals surface area contributed by atoms with E-state index in [9.17, 15) is 9.90 Å². The molecule has 172 valence electrons. The van der Waals surface area contributed by atoms with Gasteiger partial charge in [-0.1, -0.05) is 71.1 Å². The van der Waals surface area contributed by atoms with Crippen molar-refractivity contribution in [2.75, 3.05) is 27.7 Å². The molecule has 29 heavy (non-hydrogen) atoms. The summed E-state index contributed by atoms with van der Waals surface area (Å²) < 4.78 is 11.6. The van der Waals surface area contributed by atoms with Gasteiger partial charge in [-0.25, -0.2) is 0 Å². The lowest BCUT2D eigenvalue weighted by atomic mass is 10.1. The maximum atomic E-state index is 11.0. The van der Waals surface area contributed by atoms with E-state index in [0.29, 0.717) is 17.4 Å². The number of quaternary nitrogens is 1. The summed E-state index contributed by atoms with van der Waals surface area (Å²) in [7, 11) is 4.17. The molecule has 0 rings (SSSR count). The summed E-state index contributed by atoms with van der Waals surface area (Å²) >= 11 is 5.18.